The Labute approximate surface area is 154 Å². The maximum absolute atomic E-state index is 5.52. The zero-order chi connectivity index (χ0) is 16.9. The van der Waals surface area contributed by atoms with E-state index in [-0.39, 0.29) is 0 Å². The third-order valence-electron chi connectivity index (χ3n) is 4.55. The van der Waals surface area contributed by atoms with E-state index < -0.39 is 0 Å². The van der Waals surface area contributed by atoms with Crippen molar-refractivity contribution in [3.05, 3.63) is 51.7 Å². The van der Waals surface area contributed by atoms with Crippen LogP contribution in [0, 0.1) is 13.8 Å². The number of likely N-dealkylation sites (tertiary alicyclic amines) is 1. The fourth-order valence-electron chi connectivity index (χ4n) is 3.17. The SMILES string of the molecule is Cc1ccc(C)c(NC(=S)NC[C@H](c2cccs2)N2CCCC2)c1. The second-order valence-electron chi connectivity index (χ2n) is 6.43. The number of nitrogens with zero attached hydrogens (tertiary/aromatic N) is 1. The summed E-state index contributed by atoms with van der Waals surface area (Å²) in [6, 6.07) is 11.2. The molecule has 0 aliphatic carbocycles. The summed E-state index contributed by atoms with van der Waals surface area (Å²) in [7, 11) is 0. The summed E-state index contributed by atoms with van der Waals surface area (Å²) in [5.41, 5.74) is 3.53. The molecule has 1 aromatic carbocycles. The van der Waals surface area contributed by atoms with E-state index in [0.717, 1.165) is 12.2 Å². The van der Waals surface area contributed by atoms with Gasteiger partial charge in [0.2, 0.25) is 0 Å². The van der Waals surface area contributed by atoms with Crippen LogP contribution in [0.25, 0.3) is 0 Å². The molecule has 3 rings (SSSR count). The molecule has 1 aliphatic heterocycles. The molecule has 1 atom stereocenters. The van der Waals surface area contributed by atoms with Gasteiger partial charge in [0.25, 0.3) is 0 Å². The van der Waals surface area contributed by atoms with Crippen molar-refractivity contribution in [1.82, 2.24) is 10.2 Å². The van der Waals surface area contributed by atoms with Crippen LogP contribution < -0.4 is 10.6 Å². The van der Waals surface area contributed by atoms with Gasteiger partial charge in [0.1, 0.15) is 0 Å². The first-order valence-corrected chi connectivity index (χ1v) is 9.82. The Hall–Kier alpha value is -1.43. The second kappa shape index (κ2) is 8.10. The first-order valence-electron chi connectivity index (χ1n) is 8.53. The van der Waals surface area contributed by atoms with E-state index in [1.807, 2.05) is 11.3 Å². The number of hydrogen-bond donors (Lipinski definition) is 2. The summed E-state index contributed by atoms with van der Waals surface area (Å²) in [6.45, 7) is 7.41. The summed E-state index contributed by atoms with van der Waals surface area (Å²) in [4.78, 5) is 3.98. The Morgan fingerprint density at radius 3 is 2.75 bits per heavy atom. The fourth-order valence-corrected chi connectivity index (χ4v) is 4.22. The maximum atomic E-state index is 5.52. The third kappa shape index (κ3) is 4.35. The van der Waals surface area contributed by atoms with Gasteiger partial charge in [-0.05, 0) is 80.6 Å². The number of benzene rings is 1. The number of thiocarbonyl (C=S) groups is 1. The van der Waals surface area contributed by atoms with E-state index in [1.54, 1.807) is 0 Å². The number of nitrogens with one attached hydrogen (secondary N) is 2. The minimum absolute atomic E-state index is 0.408. The lowest BCUT2D eigenvalue weighted by atomic mass is 10.1. The van der Waals surface area contributed by atoms with Gasteiger partial charge in [0, 0.05) is 17.1 Å². The summed E-state index contributed by atoms with van der Waals surface area (Å²) in [5, 5.41) is 9.63. The van der Waals surface area contributed by atoms with Crippen LogP contribution in [0.1, 0.15) is 34.9 Å². The predicted octanol–water partition coefficient (Wildman–Crippen LogP) is 4.49. The molecule has 5 heteroatoms. The monoisotopic (exact) mass is 359 g/mol. The molecule has 128 valence electrons. The molecular formula is C19H25N3S2. The number of hydrogen-bond acceptors (Lipinski definition) is 3. The van der Waals surface area contributed by atoms with Gasteiger partial charge < -0.3 is 10.6 Å². The maximum Gasteiger partial charge on any atom is 0.170 e. The molecule has 1 aromatic heterocycles. The Balaban J connectivity index is 1.61. The molecule has 1 saturated heterocycles. The van der Waals surface area contributed by atoms with Crippen LogP contribution in [0.4, 0.5) is 5.69 Å². The number of rotatable bonds is 5. The van der Waals surface area contributed by atoms with Crippen molar-refractivity contribution in [1.29, 1.82) is 0 Å². The lowest BCUT2D eigenvalue weighted by molar-refractivity contribution is 0.249. The molecule has 1 aliphatic rings. The summed E-state index contributed by atoms with van der Waals surface area (Å²) < 4.78 is 0. The molecule has 24 heavy (non-hydrogen) atoms. The van der Waals surface area contributed by atoms with Gasteiger partial charge in [0.05, 0.1) is 6.04 Å². The highest BCUT2D eigenvalue weighted by molar-refractivity contribution is 7.80. The Bertz CT molecular complexity index is 676. The van der Waals surface area contributed by atoms with E-state index in [0.29, 0.717) is 11.2 Å². The highest BCUT2D eigenvalue weighted by Gasteiger charge is 2.24. The zero-order valence-electron chi connectivity index (χ0n) is 14.3. The fraction of sp³-hybridized carbons (Fsp3) is 0.421. The lowest BCUT2D eigenvalue weighted by Gasteiger charge is -2.27. The summed E-state index contributed by atoms with van der Waals surface area (Å²) in [5.74, 6) is 0. The molecule has 2 N–H and O–H groups in total. The van der Waals surface area contributed by atoms with Crippen molar-refractivity contribution < 1.29 is 0 Å². The number of aryl methyl sites for hydroxylation is 2. The van der Waals surface area contributed by atoms with Gasteiger partial charge in [-0.2, -0.15) is 0 Å². The highest BCUT2D eigenvalue weighted by atomic mass is 32.1. The predicted molar refractivity (Wildman–Crippen MR) is 108 cm³/mol. The first kappa shape index (κ1) is 17.4. The van der Waals surface area contributed by atoms with Crippen molar-refractivity contribution in [2.24, 2.45) is 0 Å². The van der Waals surface area contributed by atoms with Crippen molar-refractivity contribution in [2.75, 3.05) is 25.0 Å². The highest BCUT2D eigenvalue weighted by Crippen LogP contribution is 2.27. The van der Waals surface area contributed by atoms with Crippen LogP contribution >= 0.6 is 23.6 Å². The average Bonchev–Trinajstić information content (AvgIpc) is 3.25. The first-order chi connectivity index (χ1) is 11.6. The molecule has 0 spiro atoms. The van der Waals surface area contributed by atoms with E-state index in [9.17, 15) is 0 Å². The van der Waals surface area contributed by atoms with Crippen LogP contribution in [0.2, 0.25) is 0 Å². The van der Waals surface area contributed by atoms with Gasteiger partial charge in [-0.15, -0.1) is 11.3 Å². The van der Waals surface area contributed by atoms with Crippen molar-refractivity contribution in [3.8, 4) is 0 Å². The summed E-state index contributed by atoms with van der Waals surface area (Å²) in [6.07, 6.45) is 2.60. The largest absolute Gasteiger partial charge is 0.360 e. The number of thiophene rings is 1. The standard InChI is InChI=1S/C19H25N3S2/c1-14-7-8-15(2)16(12-14)21-19(23)20-13-17(18-6-5-11-24-18)22-9-3-4-10-22/h5-8,11-12,17H,3-4,9-10,13H2,1-2H3,(H2,20,21,23)/t17-/m1/s1. The molecule has 0 saturated carbocycles. The van der Waals surface area contributed by atoms with E-state index >= 15 is 0 Å². The molecule has 0 amide bonds. The van der Waals surface area contributed by atoms with E-state index in [2.05, 4.69) is 65.1 Å². The van der Waals surface area contributed by atoms with Gasteiger partial charge in [-0.1, -0.05) is 18.2 Å². The van der Waals surface area contributed by atoms with Gasteiger partial charge in [0.15, 0.2) is 5.11 Å². The van der Waals surface area contributed by atoms with Crippen LogP contribution in [0.5, 0.6) is 0 Å². The minimum atomic E-state index is 0.408. The van der Waals surface area contributed by atoms with E-state index in [4.69, 9.17) is 12.2 Å². The molecule has 2 aromatic rings. The molecule has 1 fully saturated rings. The molecule has 3 nitrogen and oxygen atoms in total. The van der Waals surface area contributed by atoms with Crippen molar-refractivity contribution in [2.45, 2.75) is 32.7 Å². The van der Waals surface area contributed by atoms with Gasteiger partial charge in [-0.25, -0.2) is 0 Å². The summed E-state index contributed by atoms with van der Waals surface area (Å²) >= 11 is 7.36. The van der Waals surface area contributed by atoms with Crippen LogP contribution in [0.3, 0.4) is 0 Å². The lowest BCUT2D eigenvalue weighted by Crippen LogP contribution is -2.38. The van der Waals surface area contributed by atoms with Gasteiger partial charge >= 0.3 is 0 Å². The van der Waals surface area contributed by atoms with Crippen LogP contribution in [-0.4, -0.2) is 29.6 Å². The quantitative estimate of drug-likeness (QED) is 0.769. The molecular weight excluding hydrogens is 334 g/mol. The molecule has 0 radical (unpaired) electrons. The zero-order valence-corrected chi connectivity index (χ0v) is 16.0. The van der Waals surface area contributed by atoms with Crippen molar-refractivity contribution in [3.63, 3.8) is 0 Å². The van der Waals surface area contributed by atoms with Crippen LogP contribution in [-0.2, 0) is 0 Å². The van der Waals surface area contributed by atoms with Gasteiger partial charge in [-0.3, -0.25) is 4.90 Å². The second-order valence-corrected chi connectivity index (χ2v) is 7.82. The van der Waals surface area contributed by atoms with Crippen molar-refractivity contribution >= 4 is 34.4 Å². The number of anilines is 1. The Kier molecular flexibility index (Phi) is 5.87. The topological polar surface area (TPSA) is 27.3 Å². The molecule has 0 unspecified atom stereocenters. The van der Waals surface area contributed by atoms with Crippen LogP contribution in [0.15, 0.2) is 35.7 Å². The third-order valence-corrected chi connectivity index (χ3v) is 5.77. The Morgan fingerprint density at radius 2 is 2.04 bits per heavy atom. The minimum Gasteiger partial charge on any atom is -0.360 e. The average molecular weight is 360 g/mol. The smallest absolute Gasteiger partial charge is 0.170 e. The molecule has 0 bridgehead atoms. The van der Waals surface area contributed by atoms with E-state index in [1.165, 1.54) is 41.9 Å². The normalized spacial score (nSPS) is 16.1. The molecule has 2 heterocycles. The Morgan fingerprint density at radius 1 is 1.25 bits per heavy atom.